The van der Waals surface area contributed by atoms with Gasteiger partial charge in [0.2, 0.25) is 0 Å². The van der Waals surface area contributed by atoms with Crippen molar-refractivity contribution >= 4 is 0 Å². The molecular formula is C16H22F3N. The summed E-state index contributed by atoms with van der Waals surface area (Å²) in [7, 11) is 1.84. The van der Waals surface area contributed by atoms with Crippen LogP contribution in [-0.2, 0) is 6.18 Å². The summed E-state index contributed by atoms with van der Waals surface area (Å²) in [5.74, 6) is 1.09. The Bertz CT molecular complexity index is 442. The van der Waals surface area contributed by atoms with Gasteiger partial charge in [0.25, 0.3) is 0 Å². The second kappa shape index (κ2) is 6.17. The summed E-state index contributed by atoms with van der Waals surface area (Å²) < 4.78 is 38.5. The summed E-state index contributed by atoms with van der Waals surface area (Å²) in [5, 5.41) is 3.22. The van der Waals surface area contributed by atoms with Gasteiger partial charge in [0, 0.05) is 6.04 Å². The Hall–Kier alpha value is -1.03. The van der Waals surface area contributed by atoms with Crippen LogP contribution in [0.4, 0.5) is 13.2 Å². The molecule has 1 aliphatic rings. The van der Waals surface area contributed by atoms with E-state index in [1.54, 1.807) is 6.07 Å². The van der Waals surface area contributed by atoms with Crippen molar-refractivity contribution in [2.75, 3.05) is 7.05 Å². The predicted octanol–water partition coefficient (Wildman–Crippen LogP) is 4.79. The first-order chi connectivity index (χ1) is 9.41. The highest BCUT2D eigenvalue weighted by molar-refractivity contribution is 5.28. The van der Waals surface area contributed by atoms with Gasteiger partial charge in [-0.2, -0.15) is 13.2 Å². The standard InChI is InChI=1S/C16H22F3N/c1-11-5-3-6-12(9-11)15(20-2)13-7-4-8-14(10-13)16(17,18)19/h4,7-8,10-12,15,20H,3,5-6,9H2,1-2H3. The maximum absolute atomic E-state index is 12.8. The highest BCUT2D eigenvalue weighted by Crippen LogP contribution is 2.38. The molecular weight excluding hydrogens is 263 g/mol. The summed E-state index contributed by atoms with van der Waals surface area (Å²) in [6, 6.07) is 5.75. The van der Waals surface area contributed by atoms with Crippen LogP contribution in [-0.4, -0.2) is 7.05 Å². The van der Waals surface area contributed by atoms with Crippen molar-refractivity contribution in [3.63, 3.8) is 0 Å². The van der Waals surface area contributed by atoms with Gasteiger partial charge in [-0.15, -0.1) is 0 Å². The smallest absolute Gasteiger partial charge is 0.313 e. The zero-order valence-electron chi connectivity index (χ0n) is 12.0. The Balaban J connectivity index is 2.23. The van der Waals surface area contributed by atoms with Crippen molar-refractivity contribution in [2.45, 2.75) is 44.8 Å². The highest BCUT2D eigenvalue weighted by Gasteiger charge is 2.32. The lowest BCUT2D eigenvalue weighted by Crippen LogP contribution is -2.29. The normalized spacial score (nSPS) is 25.4. The molecule has 2 rings (SSSR count). The molecule has 0 aliphatic heterocycles. The molecule has 3 atom stereocenters. The topological polar surface area (TPSA) is 12.0 Å². The van der Waals surface area contributed by atoms with Gasteiger partial charge >= 0.3 is 6.18 Å². The highest BCUT2D eigenvalue weighted by atomic mass is 19.4. The van der Waals surface area contributed by atoms with E-state index in [0.717, 1.165) is 24.5 Å². The molecule has 1 aromatic carbocycles. The Kier molecular flexibility index (Phi) is 4.74. The number of halogens is 3. The Labute approximate surface area is 118 Å². The maximum Gasteiger partial charge on any atom is 0.416 e. The second-order valence-electron chi connectivity index (χ2n) is 5.92. The number of hydrogen-bond acceptors (Lipinski definition) is 1. The minimum atomic E-state index is -4.27. The lowest BCUT2D eigenvalue weighted by molar-refractivity contribution is -0.137. The number of rotatable bonds is 3. The van der Waals surface area contributed by atoms with Crippen LogP contribution >= 0.6 is 0 Å². The van der Waals surface area contributed by atoms with Crippen molar-refractivity contribution in [3.8, 4) is 0 Å². The quantitative estimate of drug-likeness (QED) is 0.841. The lowest BCUT2D eigenvalue weighted by Gasteiger charge is -2.33. The summed E-state index contributed by atoms with van der Waals surface area (Å²) in [6.45, 7) is 2.23. The van der Waals surface area contributed by atoms with Crippen LogP contribution < -0.4 is 5.32 Å². The van der Waals surface area contributed by atoms with Crippen LogP contribution in [0.2, 0.25) is 0 Å². The van der Waals surface area contributed by atoms with Crippen LogP contribution in [0.3, 0.4) is 0 Å². The monoisotopic (exact) mass is 285 g/mol. The predicted molar refractivity (Wildman–Crippen MR) is 74.4 cm³/mol. The molecule has 0 radical (unpaired) electrons. The van der Waals surface area contributed by atoms with Crippen LogP contribution in [0.5, 0.6) is 0 Å². The third-order valence-electron chi connectivity index (χ3n) is 4.33. The molecule has 1 fully saturated rings. The first-order valence-corrected chi connectivity index (χ1v) is 7.26. The number of hydrogen-bond donors (Lipinski definition) is 1. The van der Waals surface area contributed by atoms with Gasteiger partial charge in [-0.3, -0.25) is 0 Å². The molecule has 1 aliphatic carbocycles. The van der Waals surface area contributed by atoms with E-state index in [1.165, 1.54) is 25.0 Å². The molecule has 1 aromatic rings. The summed E-state index contributed by atoms with van der Waals surface area (Å²) in [5.41, 5.74) is 0.195. The van der Waals surface area contributed by atoms with Gasteiger partial charge < -0.3 is 5.32 Å². The van der Waals surface area contributed by atoms with E-state index in [0.29, 0.717) is 11.8 Å². The maximum atomic E-state index is 12.8. The minimum Gasteiger partial charge on any atom is -0.313 e. The van der Waals surface area contributed by atoms with Gasteiger partial charge in [0.1, 0.15) is 0 Å². The molecule has 0 saturated heterocycles. The van der Waals surface area contributed by atoms with Crippen molar-refractivity contribution in [1.82, 2.24) is 5.32 Å². The van der Waals surface area contributed by atoms with Crippen LogP contribution in [0.1, 0.15) is 49.8 Å². The van der Waals surface area contributed by atoms with Gasteiger partial charge in [-0.1, -0.05) is 31.9 Å². The first-order valence-electron chi connectivity index (χ1n) is 7.26. The van der Waals surface area contributed by atoms with E-state index in [1.807, 2.05) is 7.05 Å². The van der Waals surface area contributed by atoms with Crippen LogP contribution in [0.15, 0.2) is 24.3 Å². The number of alkyl halides is 3. The van der Waals surface area contributed by atoms with E-state index >= 15 is 0 Å². The van der Waals surface area contributed by atoms with Crippen molar-refractivity contribution in [2.24, 2.45) is 11.8 Å². The molecule has 0 heterocycles. The van der Waals surface area contributed by atoms with Crippen LogP contribution in [0.25, 0.3) is 0 Å². The number of nitrogens with one attached hydrogen (secondary N) is 1. The average Bonchev–Trinajstić information content (AvgIpc) is 2.39. The van der Waals surface area contributed by atoms with E-state index < -0.39 is 11.7 Å². The molecule has 1 saturated carbocycles. The van der Waals surface area contributed by atoms with Crippen molar-refractivity contribution in [3.05, 3.63) is 35.4 Å². The molecule has 1 N–H and O–H groups in total. The molecule has 112 valence electrons. The summed E-state index contributed by atoms with van der Waals surface area (Å²) in [6.07, 6.45) is 0.306. The zero-order valence-corrected chi connectivity index (χ0v) is 12.0. The minimum absolute atomic E-state index is 0.0139. The fourth-order valence-electron chi connectivity index (χ4n) is 3.37. The largest absolute Gasteiger partial charge is 0.416 e. The molecule has 20 heavy (non-hydrogen) atoms. The van der Waals surface area contributed by atoms with Crippen molar-refractivity contribution in [1.29, 1.82) is 0 Å². The molecule has 0 spiro atoms. The van der Waals surface area contributed by atoms with Crippen LogP contribution in [0, 0.1) is 11.8 Å². The van der Waals surface area contributed by atoms with E-state index in [-0.39, 0.29) is 6.04 Å². The van der Waals surface area contributed by atoms with Gasteiger partial charge in [0.15, 0.2) is 0 Å². The zero-order chi connectivity index (χ0) is 14.8. The first kappa shape index (κ1) is 15.4. The number of benzene rings is 1. The lowest BCUT2D eigenvalue weighted by atomic mass is 9.76. The average molecular weight is 285 g/mol. The molecule has 0 aromatic heterocycles. The second-order valence-corrected chi connectivity index (χ2v) is 5.92. The Morgan fingerprint density at radius 1 is 1.25 bits per heavy atom. The van der Waals surface area contributed by atoms with Crippen molar-refractivity contribution < 1.29 is 13.2 Å². The van der Waals surface area contributed by atoms with Gasteiger partial charge in [-0.05, 0) is 49.4 Å². The summed E-state index contributed by atoms with van der Waals surface area (Å²) >= 11 is 0. The third kappa shape index (κ3) is 3.54. The molecule has 4 heteroatoms. The fraction of sp³-hybridized carbons (Fsp3) is 0.625. The van der Waals surface area contributed by atoms with E-state index in [2.05, 4.69) is 12.2 Å². The summed E-state index contributed by atoms with van der Waals surface area (Å²) in [4.78, 5) is 0. The Morgan fingerprint density at radius 2 is 2.00 bits per heavy atom. The van der Waals surface area contributed by atoms with Gasteiger partial charge in [-0.25, -0.2) is 0 Å². The fourth-order valence-corrected chi connectivity index (χ4v) is 3.37. The molecule has 1 nitrogen and oxygen atoms in total. The van der Waals surface area contributed by atoms with Gasteiger partial charge in [0.05, 0.1) is 5.56 Å². The van der Waals surface area contributed by atoms with E-state index in [4.69, 9.17) is 0 Å². The molecule has 0 bridgehead atoms. The molecule has 3 unspecified atom stereocenters. The Morgan fingerprint density at radius 3 is 2.60 bits per heavy atom. The third-order valence-corrected chi connectivity index (χ3v) is 4.33. The SMILES string of the molecule is CNC(c1cccc(C(F)(F)F)c1)C1CCCC(C)C1. The molecule has 0 amide bonds. The van der Waals surface area contributed by atoms with E-state index in [9.17, 15) is 13.2 Å².